The molecular weight excluding hydrogens is 513 g/mol. The fourth-order valence-electron chi connectivity index (χ4n) is 3.90. The summed E-state index contributed by atoms with van der Waals surface area (Å²) in [4.78, 5) is 18.9. The van der Waals surface area contributed by atoms with Crippen molar-refractivity contribution in [2.24, 2.45) is 5.73 Å². The maximum Gasteiger partial charge on any atom is 0.429 e. The molecule has 0 aliphatic carbocycles. The van der Waals surface area contributed by atoms with E-state index in [0.29, 0.717) is 22.4 Å². The predicted molar refractivity (Wildman–Crippen MR) is 139 cm³/mol. The first-order valence-electron chi connectivity index (χ1n) is 11.7. The van der Waals surface area contributed by atoms with Crippen LogP contribution in [0, 0.1) is 0 Å². The Morgan fingerprint density at radius 1 is 0.949 bits per heavy atom. The van der Waals surface area contributed by atoms with Gasteiger partial charge in [0, 0.05) is 17.2 Å². The Kier molecular flexibility index (Phi) is 8.01. The van der Waals surface area contributed by atoms with E-state index >= 15 is 0 Å². The standard InChI is InChI=1S/C28H25F3N4O4/c1-38-21-4-2-3-20(14-21)17-9-11-19(12-10-17)25(28(29,30)31)39-24-15-23(34-27(33)35-24)18-7-5-16(6-8-18)13-22(32)26(36)37/h2-12,14-15,22,25H,13,32H2,1H3,(H,36,37)(H2,33,34,35)/t22-,25?/m0/s1. The maximum atomic E-state index is 14.1. The van der Waals surface area contributed by atoms with Crippen LogP contribution in [-0.2, 0) is 11.2 Å². The van der Waals surface area contributed by atoms with Crippen molar-refractivity contribution in [2.45, 2.75) is 24.7 Å². The smallest absolute Gasteiger partial charge is 0.429 e. The minimum atomic E-state index is -4.75. The van der Waals surface area contributed by atoms with E-state index < -0.39 is 24.3 Å². The van der Waals surface area contributed by atoms with Crippen LogP contribution >= 0.6 is 0 Å². The monoisotopic (exact) mass is 538 g/mol. The maximum absolute atomic E-state index is 14.1. The zero-order valence-corrected chi connectivity index (χ0v) is 20.7. The molecule has 4 rings (SSSR count). The number of carboxylic acid groups (broad SMARTS) is 1. The van der Waals surface area contributed by atoms with Gasteiger partial charge in [-0.05, 0) is 35.2 Å². The molecular formula is C28H25F3N4O4. The van der Waals surface area contributed by atoms with Gasteiger partial charge in [0.25, 0.3) is 0 Å². The largest absolute Gasteiger partial charge is 0.497 e. The van der Waals surface area contributed by atoms with Crippen LogP contribution in [-0.4, -0.2) is 40.4 Å². The lowest BCUT2D eigenvalue weighted by Gasteiger charge is -2.22. The van der Waals surface area contributed by atoms with Gasteiger partial charge >= 0.3 is 12.1 Å². The van der Waals surface area contributed by atoms with Gasteiger partial charge in [-0.1, -0.05) is 60.7 Å². The van der Waals surface area contributed by atoms with Crippen LogP contribution in [0.3, 0.4) is 0 Å². The Morgan fingerprint density at radius 2 is 1.62 bits per heavy atom. The van der Waals surface area contributed by atoms with Crippen molar-refractivity contribution in [2.75, 3.05) is 12.8 Å². The zero-order chi connectivity index (χ0) is 28.2. The molecule has 11 heteroatoms. The molecule has 1 aromatic heterocycles. The summed E-state index contributed by atoms with van der Waals surface area (Å²) in [5.41, 5.74) is 14.2. The predicted octanol–water partition coefficient (Wildman–Crippen LogP) is 5.04. The molecule has 0 radical (unpaired) electrons. The molecule has 0 aliphatic rings. The van der Waals surface area contributed by atoms with Crippen molar-refractivity contribution in [3.8, 4) is 34.0 Å². The van der Waals surface area contributed by atoms with Crippen LogP contribution in [0.5, 0.6) is 11.6 Å². The highest BCUT2D eigenvalue weighted by molar-refractivity contribution is 5.73. The average Bonchev–Trinajstić information content (AvgIpc) is 2.91. The van der Waals surface area contributed by atoms with Gasteiger partial charge in [0.15, 0.2) is 0 Å². The topological polar surface area (TPSA) is 134 Å². The van der Waals surface area contributed by atoms with Crippen LogP contribution in [0.25, 0.3) is 22.4 Å². The van der Waals surface area contributed by atoms with Gasteiger partial charge in [0.05, 0.1) is 12.8 Å². The second-order valence-corrected chi connectivity index (χ2v) is 8.69. The third-order valence-electron chi connectivity index (χ3n) is 5.89. The Bertz CT molecular complexity index is 1440. The van der Waals surface area contributed by atoms with Crippen molar-refractivity contribution in [3.05, 3.63) is 90.0 Å². The van der Waals surface area contributed by atoms with Gasteiger partial charge in [-0.3, -0.25) is 4.79 Å². The van der Waals surface area contributed by atoms with Crippen LogP contribution in [0.4, 0.5) is 19.1 Å². The van der Waals surface area contributed by atoms with Gasteiger partial charge in [-0.15, -0.1) is 0 Å². The third kappa shape index (κ3) is 6.82. The molecule has 4 aromatic rings. The summed E-state index contributed by atoms with van der Waals surface area (Å²) in [6, 6.07) is 19.8. The number of anilines is 1. The van der Waals surface area contributed by atoms with E-state index in [-0.39, 0.29) is 29.5 Å². The van der Waals surface area contributed by atoms with Crippen LogP contribution in [0.2, 0.25) is 0 Å². The first-order valence-corrected chi connectivity index (χ1v) is 11.7. The number of ether oxygens (including phenoxy) is 2. The second kappa shape index (κ2) is 11.4. The molecule has 0 aliphatic heterocycles. The number of halogens is 3. The number of benzene rings is 3. The van der Waals surface area contributed by atoms with Crippen molar-refractivity contribution < 1.29 is 32.5 Å². The lowest BCUT2D eigenvalue weighted by atomic mass is 10.0. The van der Waals surface area contributed by atoms with Crippen molar-refractivity contribution >= 4 is 11.9 Å². The van der Waals surface area contributed by atoms with Gasteiger partial charge in [-0.25, -0.2) is 4.98 Å². The van der Waals surface area contributed by atoms with Crippen molar-refractivity contribution in [1.82, 2.24) is 9.97 Å². The molecule has 5 N–H and O–H groups in total. The lowest BCUT2D eigenvalue weighted by Crippen LogP contribution is -2.32. The van der Waals surface area contributed by atoms with Gasteiger partial charge < -0.3 is 26.0 Å². The molecule has 0 amide bonds. The summed E-state index contributed by atoms with van der Waals surface area (Å²) in [5, 5.41) is 8.98. The van der Waals surface area contributed by atoms with Crippen molar-refractivity contribution in [1.29, 1.82) is 0 Å². The van der Waals surface area contributed by atoms with Gasteiger partial charge in [-0.2, -0.15) is 18.2 Å². The number of carbonyl (C=O) groups is 1. The molecule has 0 fully saturated rings. The van der Waals surface area contributed by atoms with Gasteiger partial charge in [0.2, 0.25) is 17.9 Å². The number of nitrogen functional groups attached to an aromatic ring is 1. The first-order chi connectivity index (χ1) is 18.5. The highest BCUT2D eigenvalue weighted by atomic mass is 19.4. The SMILES string of the molecule is COc1cccc(-c2ccc(C(Oc3cc(-c4ccc(C[C@H](N)C(=O)O)cc4)nc(N)n3)C(F)(F)F)cc2)c1. The number of methoxy groups -OCH3 is 1. The Hall–Kier alpha value is -4.64. The lowest BCUT2D eigenvalue weighted by molar-refractivity contribution is -0.198. The van der Waals surface area contributed by atoms with Crippen molar-refractivity contribution in [3.63, 3.8) is 0 Å². The van der Waals surface area contributed by atoms with E-state index in [2.05, 4.69) is 9.97 Å². The van der Waals surface area contributed by atoms with E-state index in [0.717, 1.165) is 5.56 Å². The summed E-state index contributed by atoms with van der Waals surface area (Å²) < 4.78 is 52.8. The summed E-state index contributed by atoms with van der Waals surface area (Å²) in [6.45, 7) is 0. The highest BCUT2D eigenvalue weighted by Gasteiger charge is 2.43. The van der Waals surface area contributed by atoms with E-state index in [4.69, 9.17) is 26.0 Å². The number of nitrogens with two attached hydrogens (primary N) is 2. The van der Waals surface area contributed by atoms with Gasteiger partial charge in [0.1, 0.15) is 11.8 Å². The number of aliphatic carboxylic acids is 1. The molecule has 2 atom stereocenters. The molecule has 202 valence electrons. The molecule has 0 spiro atoms. The van der Waals surface area contributed by atoms with Crippen LogP contribution in [0.1, 0.15) is 17.2 Å². The zero-order valence-electron chi connectivity index (χ0n) is 20.7. The van der Waals surface area contributed by atoms with Crippen LogP contribution < -0.4 is 20.9 Å². The summed E-state index contributed by atoms with van der Waals surface area (Å²) in [5.74, 6) is -1.12. The molecule has 0 bridgehead atoms. The number of alkyl halides is 3. The number of nitrogens with zero attached hydrogens (tertiary/aromatic N) is 2. The fourth-order valence-corrected chi connectivity index (χ4v) is 3.90. The third-order valence-corrected chi connectivity index (χ3v) is 5.89. The first kappa shape index (κ1) is 27.4. The number of carboxylic acids is 1. The molecule has 3 aromatic carbocycles. The average molecular weight is 539 g/mol. The number of hydrogen-bond acceptors (Lipinski definition) is 7. The highest BCUT2D eigenvalue weighted by Crippen LogP contribution is 2.38. The minimum Gasteiger partial charge on any atom is -0.497 e. The fraction of sp³-hybridized carbons (Fsp3) is 0.179. The molecule has 8 nitrogen and oxygen atoms in total. The Labute approximate surface area is 222 Å². The summed E-state index contributed by atoms with van der Waals surface area (Å²) in [6.07, 6.45) is -6.94. The van der Waals surface area contributed by atoms with E-state index in [1.54, 1.807) is 54.6 Å². The quantitative estimate of drug-likeness (QED) is 0.270. The minimum absolute atomic E-state index is 0.111. The number of aromatic nitrogens is 2. The summed E-state index contributed by atoms with van der Waals surface area (Å²) >= 11 is 0. The molecule has 39 heavy (non-hydrogen) atoms. The van der Waals surface area contributed by atoms with E-state index in [1.807, 2.05) is 6.07 Å². The number of rotatable bonds is 9. The molecule has 1 heterocycles. The van der Waals surface area contributed by atoms with E-state index in [9.17, 15) is 18.0 Å². The summed E-state index contributed by atoms with van der Waals surface area (Å²) in [7, 11) is 1.53. The van der Waals surface area contributed by atoms with Crippen LogP contribution in [0.15, 0.2) is 78.9 Å². The molecule has 0 saturated heterocycles. The Morgan fingerprint density at radius 3 is 2.23 bits per heavy atom. The number of hydrogen-bond donors (Lipinski definition) is 3. The molecule has 1 unspecified atom stereocenters. The van der Waals surface area contributed by atoms with E-state index in [1.165, 1.54) is 25.3 Å². The Balaban J connectivity index is 1.58. The molecule has 0 saturated carbocycles. The second-order valence-electron chi connectivity index (χ2n) is 8.69. The normalized spacial score (nSPS) is 12.9.